The van der Waals surface area contributed by atoms with E-state index in [4.69, 9.17) is 16.3 Å². The Morgan fingerprint density at radius 1 is 1.12 bits per heavy atom. The Hall–Kier alpha value is -2.83. The largest absolute Gasteiger partial charge is 0.495 e. The van der Waals surface area contributed by atoms with Gasteiger partial charge >= 0.3 is 0 Å². The lowest BCUT2D eigenvalue weighted by Gasteiger charge is -2.26. The van der Waals surface area contributed by atoms with Crippen LogP contribution in [0, 0.1) is 5.82 Å². The number of aliphatic hydroxyl groups excluding tert-OH is 1. The van der Waals surface area contributed by atoms with Crippen LogP contribution in [0.3, 0.4) is 0 Å². The number of halogens is 2. The molecule has 5 nitrogen and oxygen atoms in total. The van der Waals surface area contributed by atoms with E-state index in [0.717, 1.165) is 53.9 Å². The summed E-state index contributed by atoms with van der Waals surface area (Å²) in [5, 5.41) is 17.1. The lowest BCUT2D eigenvalue weighted by atomic mass is 9.93. The number of aliphatic hydroxyl groups is 1. The summed E-state index contributed by atoms with van der Waals surface area (Å²) in [4.78, 5) is 4.44. The molecular weight excluding hydrogens is 429 g/mol. The first-order chi connectivity index (χ1) is 15.5. The molecule has 1 heterocycles. The normalized spacial score (nSPS) is 18.2. The van der Waals surface area contributed by atoms with Crippen LogP contribution in [-0.4, -0.2) is 29.3 Å². The van der Waals surface area contributed by atoms with Gasteiger partial charge in [0, 0.05) is 24.3 Å². The third-order valence-electron chi connectivity index (χ3n) is 5.79. The number of nitrogens with zero attached hydrogens (tertiary/aromatic N) is 1. The third-order valence-corrected chi connectivity index (χ3v) is 6.09. The molecule has 4 rings (SSSR count). The first-order valence-corrected chi connectivity index (χ1v) is 11.2. The van der Waals surface area contributed by atoms with Crippen molar-refractivity contribution >= 4 is 23.1 Å². The van der Waals surface area contributed by atoms with E-state index in [1.807, 2.05) is 30.3 Å². The van der Waals surface area contributed by atoms with Crippen LogP contribution in [0.5, 0.6) is 5.75 Å². The number of nitrogens with one attached hydrogen (secondary N) is 2. The maximum atomic E-state index is 13.5. The molecule has 1 aliphatic carbocycles. The van der Waals surface area contributed by atoms with Crippen LogP contribution >= 0.6 is 11.6 Å². The van der Waals surface area contributed by atoms with Gasteiger partial charge in [-0.3, -0.25) is 0 Å². The van der Waals surface area contributed by atoms with Crippen LogP contribution in [0.2, 0.25) is 5.02 Å². The van der Waals surface area contributed by atoms with Crippen molar-refractivity contribution in [3.05, 3.63) is 71.1 Å². The molecule has 2 aromatic carbocycles. The second kappa shape index (κ2) is 10.2. The summed E-state index contributed by atoms with van der Waals surface area (Å²) in [7, 11) is 1.62. The Balaban J connectivity index is 1.55. The van der Waals surface area contributed by atoms with Gasteiger partial charge in [-0.25, -0.2) is 9.37 Å². The van der Waals surface area contributed by atoms with Crippen molar-refractivity contribution < 1.29 is 14.2 Å². The highest BCUT2D eigenvalue weighted by Crippen LogP contribution is 2.35. The zero-order valence-corrected chi connectivity index (χ0v) is 18.7. The molecule has 1 aliphatic rings. The Morgan fingerprint density at radius 2 is 1.94 bits per heavy atom. The molecule has 0 unspecified atom stereocenters. The van der Waals surface area contributed by atoms with Crippen molar-refractivity contribution in [2.45, 2.75) is 44.4 Å². The van der Waals surface area contributed by atoms with Gasteiger partial charge < -0.3 is 20.5 Å². The molecule has 0 radical (unpaired) electrons. The molecule has 0 bridgehead atoms. The predicted octanol–water partition coefficient (Wildman–Crippen LogP) is 5.88. The molecule has 1 saturated carbocycles. The highest BCUT2D eigenvalue weighted by atomic mass is 35.5. The van der Waals surface area contributed by atoms with E-state index in [1.54, 1.807) is 19.4 Å². The van der Waals surface area contributed by atoms with E-state index < -0.39 is 0 Å². The fourth-order valence-corrected chi connectivity index (χ4v) is 4.24. The zero-order valence-electron chi connectivity index (χ0n) is 17.9. The molecule has 0 atom stereocenters. The van der Waals surface area contributed by atoms with Gasteiger partial charge in [-0.1, -0.05) is 29.8 Å². The summed E-state index contributed by atoms with van der Waals surface area (Å²) in [6.07, 6.45) is 4.89. The minimum Gasteiger partial charge on any atom is -0.495 e. The van der Waals surface area contributed by atoms with Crippen molar-refractivity contribution in [3.63, 3.8) is 0 Å². The molecule has 3 aromatic rings. The van der Waals surface area contributed by atoms with Crippen molar-refractivity contribution in [2.24, 2.45) is 0 Å². The average molecular weight is 456 g/mol. The first-order valence-electron chi connectivity index (χ1n) is 10.8. The van der Waals surface area contributed by atoms with Gasteiger partial charge in [0.1, 0.15) is 17.4 Å². The predicted molar refractivity (Wildman–Crippen MR) is 127 cm³/mol. The van der Waals surface area contributed by atoms with E-state index in [9.17, 15) is 9.50 Å². The topological polar surface area (TPSA) is 66.4 Å². The summed E-state index contributed by atoms with van der Waals surface area (Å²) >= 11 is 6.49. The van der Waals surface area contributed by atoms with Crippen LogP contribution in [0.25, 0.3) is 11.1 Å². The zero-order chi connectivity index (χ0) is 22.5. The van der Waals surface area contributed by atoms with Crippen LogP contribution < -0.4 is 15.4 Å². The van der Waals surface area contributed by atoms with Crippen molar-refractivity contribution in [2.75, 3.05) is 17.7 Å². The SMILES string of the molecule is COc1ccc(-c2cc(NC3CCC(O)CC3)ncc2Cl)cc1NCc1cccc(F)c1. The van der Waals surface area contributed by atoms with Crippen LogP contribution in [0.1, 0.15) is 31.2 Å². The fourth-order valence-electron chi connectivity index (χ4n) is 4.03. The minimum absolute atomic E-state index is 0.195. The number of pyridine rings is 1. The van der Waals surface area contributed by atoms with Gasteiger partial charge in [-0.15, -0.1) is 0 Å². The number of benzene rings is 2. The molecule has 3 N–H and O–H groups in total. The summed E-state index contributed by atoms with van der Waals surface area (Å²) in [6.45, 7) is 0.460. The standard InChI is InChI=1S/C25H27ClFN3O2/c1-32-24-10-5-17(12-23(24)28-14-16-3-2-4-18(27)11-16)21-13-25(29-15-22(21)26)30-19-6-8-20(31)9-7-19/h2-5,10-13,15,19-20,28,31H,6-9,14H2,1H3,(H,29,30). The molecule has 0 aliphatic heterocycles. The number of methoxy groups -OCH3 is 1. The Morgan fingerprint density at radius 3 is 2.69 bits per heavy atom. The highest BCUT2D eigenvalue weighted by Gasteiger charge is 2.20. The summed E-state index contributed by atoms with van der Waals surface area (Å²) in [6, 6.07) is 14.5. The van der Waals surface area contributed by atoms with E-state index in [-0.39, 0.29) is 11.9 Å². The van der Waals surface area contributed by atoms with Gasteiger partial charge in [0.25, 0.3) is 0 Å². The molecule has 1 fully saturated rings. The van der Waals surface area contributed by atoms with Crippen molar-refractivity contribution in [3.8, 4) is 16.9 Å². The van der Waals surface area contributed by atoms with Crippen LogP contribution in [0.4, 0.5) is 15.9 Å². The van der Waals surface area contributed by atoms with Crippen molar-refractivity contribution in [1.29, 1.82) is 0 Å². The van der Waals surface area contributed by atoms with Crippen LogP contribution in [0.15, 0.2) is 54.7 Å². The summed E-state index contributed by atoms with van der Waals surface area (Å²) < 4.78 is 19.0. The molecule has 0 spiro atoms. The number of hydrogen-bond donors (Lipinski definition) is 3. The second-order valence-corrected chi connectivity index (χ2v) is 8.50. The van der Waals surface area contributed by atoms with E-state index >= 15 is 0 Å². The summed E-state index contributed by atoms with van der Waals surface area (Å²) in [5.74, 6) is 1.19. The van der Waals surface area contributed by atoms with E-state index in [1.165, 1.54) is 12.1 Å². The number of hydrogen-bond acceptors (Lipinski definition) is 5. The minimum atomic E-state index is -0.263. The lowest BCUT2D eigenvalue weighted by Crippen LogP contribution is -2.28. The monoisotopic (exact) mass is 455 g/mol. The number of ether oxygens (including phenoxy) is 1. The molecule has 32 heavy (non-hydrogen) atoms. The Labute approximate surface area is 192 Å². The maximum absolute atomic E-state index is 13.5. The number of aromatic nitrogens is 1. The van der Waals surface area contributed by atoms with Crippen molar-refractivity contribution in [1.82, 2.24) is 4.98 Å². The molecule has 7 heteroatoms. The number of anilines is 2. The molecule has 1 aromatic heterocycles. The fraction of sp³-hybridized carbons (Fsp3) is 0.320. The van der Waals surface area contributed by atoms with Gasteiger partial charge in [-0.2, -0.15) is 0 Å². The Kier molecular flexibility index (Phi) is 7.12. The highest BCUT2D eigenvalue weighted by molar-refractivity contribution is 6.33. The molecule has 168 valence electrons. The smallest absolute Gasteiger partial charge is 0.141 e. The van der Waals surface area contributed by atoms with E-state index in [2.05, 4.69) is 15.6 Å². The maximum Gasteiger partial charge on any atom is 0.141 e. The third kappa shape index (κ3) is 5.50. The molecular formula is C25H27ClFN3O2. The molecule has 0 amide bonds. The summed E-state index contributed by atoms with van der Waals surface area (Å²) in [5.41, 5.74) is 3.40. The quantitative estimate of drug-likeness (QED) is 0.415. The Bertz CT molecular complexity index is 1070. The first kappa shape index (κ1) is 22.4. The van der Waals surface area contributed by atoms with Crippen LogP contribution in [-0.2, 0) is 6.54 Å². The van der Waals surface area contributed by atoms with Gasteiger partial charge in [0.2, 0.25) is 0 Å². The van der Waals surface area contributed by atoms with Gasteiger partial charge in [-0.05, 0) is 67.1 Å². The lowest BCUT2D eigenvalue weighted by molar-refractivity contribution is 0.126. The van der Waals surface area contributed by atoms with E-state index in [0.29, 0.717) is 23.4 Å². The number of rotatable bonds is 7. The second-order valence-electron chi connectivity index (χ2n) is 8.10. The molecule has 0 saturated heterocycles. The van der Waals surface area contributed by atoms with Gasteiger partial charge in [0.05, 0.1) is 23.9 Å². The van der Waals surface area contributed by atoms with Gasteiger partial charge in [0.15, 0.2) is 0 Å². The average Bonchev–Trinajstić information content (AvgIpc) is 2.80.